The summed E-state index contributed by atoms with van der Waals surface area (Å²) in [6.45, 7) is 8.76. The number of likely N-dealkylation sites (tertiary alicyclic amines) is 2. The molecule has 0 radical (unpaired) electrons. The number of amides is 4. The van der Waals surface area contributed by atoms with E-state index in [9.17, 15) is 19.2 Å². The summed E-state index contributed by atoms with van der Waals surface area (Å²) < 4.78 is 9.53. The molecule has 0 bridgehead atoms. The fraction of sp³-hybridized carbons (Fsp3) is 0.429. The van der Waals surface area contributed by atoms with Crippen molar-refractivity contribution in [1.29, 1.82) is 0 Å². The smallest absolute Gasteiger partial charge is 0.407 e. The van der Waals surface area contributed by atoms with Crippen LogP contribution in [0.3, 0.4) is 0 Å². The van der Waals surface area contributed by atoms with Crippen LogP contribution in [-0.4, -0.2) is 93.1 Å². The molecule has 4 heterocycles. The highest BCUT2D eigenvalue weighted by Crippen LogP contribution is 2.35. The number of aromatic nitrogens is 4. The number of carbonyl (C=O) groups is 4. The minimum atomic E-state index is -0.700. The van der Waals surface area contributed by atoms with Crippen molar-refractivity contribution in [2.45, 2.75) is 77.5 Å². The van der Waals surface area contributed by atoms with E-state index in [1.807, 2.05) is 81.1 Å². The Morgan fingerprint density at radius 1 is 0.714 bits per heavy atom. The van der Waals surface area contributed by atoms with Crippen LogP contribution in [0.5, 0.6) is 0 Å². The number of nitrogens with one attached hydrogen (secondary N) is 4. The lowest BCUT2D eigenvalue weighted by Gasteiger charge is -2.29. The molecule has 56 heavy (non-hydrogen) atoms. The van der Waals surface area contributed by atoms with Gasteiger partial charge in [-0.1, -0.05) is 51.7 Å². The number of aromatic amines is 2. The monoisotopic (exact) mass is 760 g/mol. The number of nitrogens with zero attached hydrogens (tertiary/aromatic N) is 4. The average Bonchev–Trinajstić information content (AvgIpc) is 4.02. The van der Waals surface area contributed by atoms with Crippen molar-refractivity contribution in [2.24, 2.45) is 11.8 Å². The molecule has 0 aliphatic carbocycles. The van der Waals surface area contributed by atoms with Crippen LogP contribution in [0.25, 0.3) is 32.8 Å². The van der Waals surface area contributed by atoms with Crippen molar-refractivity contribution < 1.29 is 28.7 Å². The molecule has 1 unspecified atom stereocenters. The number of rotatable bonds is 8. The number of H-pyrrole nitrogens is 2. The first-order valence-electron chi connectivity index (χ1n) is 19.2. The molecule has 0 saturated carbocycles. The van der Waals surface area contributed by atoms with Crippen LogP contribution in [0.1, 0.15) is 88.2 Å². The zero-order valence-corrected chi connectivity index (χ0v) is 32.6. The van der Waals surface area contributed by atoms with Crippen LogP contribution < -0.4 is 10.6 Å². The molecule has 0 spiro atoms. The topological polar surface area (TPSA) is 175 Å². The van der Waals surface area contributed by atoms with E-state index in [0.29, 0.717) is 18.9 Å². The second-order valence-corrected chi connectivity index (χ2v) is 15.2. The molecular weight excluding hydrogens is 713 g/mol. The number of fused-ring (bicyclic) bond motifs is 4. The van der Waals surface area contributed by atoms with Crippen molar-refractivity contribution in [1.82, 2.24) is 40.4 Å². The summed E-state index contributed by atoms with van der Waals surface area (Å²) in [5.41, 5.74) is 4.99. The van der Waals surface area contributed by atoms with Gasteiger partial charge in [-0.25, -0.2) is 19.6 Å². The maximum atomic E-state index is 13.6. The second-order valence-electron chi connectivity index (χ2n) is 15.2. The van der Waals surface area contributed by atoms with E-state index in [-0.39, 0.29) is 35.7 Å². The number of benzene rings is 3. The fourth-order valence-electron chi connectivity index (χ4n) is 7.85. The number of hydrogen-bond donors (Lipinski definition) is 4. The molecule has 14 heteroatoms. The molecule has 2 aromatic heterocycles. The maximum absolute atomic E-state index is 13.6. The third-order valence-corrected chi connectivity index (χ3v) is 10.8. The van der Waals surface area contributed by atoms with Crippen molar-refractivity contribution in [3.8, 4) is 11.8 Å². The number of alkyl carbamates (subject to hydrolysis) is 2. The summed E-state index contributed by atoms with van der Waals surface area (Å²) in [6, 6.07) is 14.1. The number of hydrogen-bond acceptors (Lipinski definition) is 8. The molecule has 14 nitrogen and oxygen atoms in total. The summed E-state index contributed by atoms with van der Waals surface area (Å²) >= 11 is 0. The van der Waals surface area contributed by atoms with Gasteiger partial charge in [0.2, 0.25) is 11.8 Å². The lowest BCUT2D eigenvalue weighted by atomic mass is 10.0. The number of methoxy groups -OCH3 is 2. The molecule has 7 rings (SSSR count). The average molecular weight is 761 g/mol. The minimum absolute atomic E-state index is 0.115. The van der Waals surface area contributed by atoms with E-state index in [1.165, 1.54) is 14.2 Å². The molecule has 4 N–H and O–H groups in total. The highest BCUT2D eigenvalue weighted by atomic mass is 16.5. The Morgan fingerprint density at radius 2 is 1.25 bits per heavy atom. The first kappa shape index (κ1) is 38.2. The molecule has 4 atom stereocenters. The van der Waals surface area contributed by atoms with Gasteiger partial charge in [0, 0.05) is 29.6 Å². The Balaban J connectivity index is 1.09. The SMILES string of the molecule is COC(=O)N[C@H](C(=O)N1CCCC1c1nc2ccc(C#Cc3ccc4c(ccc5[nH]c([C@@H]6CCCN6C(=O)[C@@H](NC(=O)OC)C(C)C)nc54)c3)cc2[nH]1)C(C)C. The van der Waals surface area contributed by atoms with E-state index in [2.05, 4.69) is 32.4 Å². The van der Waals surface area contributed by atoms with Crippen LogP contribution in [0.2, 0.25) is 0 Å². The van der Waals surface area contributed by atoms with Crippen molar-refractivity contribution >= 4 is 56.8 Å². The van der Waals surface area contributed by atoms with E-state index < -0.39 is 24.3 Å². The maximum Gasteiger partial charge on any atom is 0.407 e. The Morgan fingerprint density at radius 3 is 1.82 bits per heavy atom. The molecule has 2 aliphatic heterocycles. The summed E-state index contributed by atoms with van der Waals surface area (Å²) in [5, 5.41) is 7.37. The van der Waals surface area contributed by atoms with Crippen LogP contribution in [0, 0.1) is 23.7 Å². The highest BCUT2D eigenvalue weighted by molar-refractivity contribution is 6.04. The predicted octanol–water partition coefficient (Wildman–Crippen LogP) is 6.08. The molecule has 292 valence electrons. The molecule has 3 aromatic carbocycles. The molecular formula is C42H48N8O6. The van der Waals surface area contributed by atoms with Gasteiger partial charge in [0.05, 0.1) is 48.4 Å². The standard InChI is InChI=1S/C42H48N8O6/c1-23(2)34(47-41(53)55-5)39(51)49-19-7-9-32(49)37-43-29-17-14-26(22-31(29)45-37)12-11-25-13-16-28-27(21-25)15-18-30-36(28)46-38(44-30)33-10-8-20-50(33)40(52)35(24(3)4)48-42(54)56-6/h13-18,21-24,32-35H,7-10,19-20H2,1-6H3,(H,43,45)(H,44,46)(H,47,53)(H,48,54)/t32?,33-,34-,35-/m0/s1. The largest absolute Gasteiger partial charge is 0.453 e. The number of ether oxygens (including phenoxy) is 2. The van der Waals surface area contributed by atoms with Gasteiger partial charge in [-0.05, 0) is 79.3 Å². The fourth-order valence-corrected chi connectivity index (χ4v) is 7.85. The zero-order chi connectivity index (χ0) is 39.7. The summed E-state index contributed by atoms with van der Waals surface area (Å²) in [5.74, 6) is 7.51. The summed E-state index contributed by atoms with van der Waals surface area (Å²) in [7, 11) is 2.57. The summed E-state index contributed by atoms with van der Waals surface area (Å²) in [4.78, 5) is 71.6. The van der Waals surface area contributed by atoms with Gasteiger partial charge >= 0.3 is 12.2 Å². The van der Waals surface area contributed by atoms with E-state index in [4.69, 9.17) is 19.4 Å². The number of carbonyl (C=O) groups excluding carboxylic acids is 4. The number of imidazole rings is 2. The van der Waals surface area contributed by atoms with Gasteiger partial charge in [-0.15, -0.1) is 0 Å². The first-order valence-corrected chi connectivity index (χ1v) is 19.2. The van der Waals surface area contributed by atoms with Crippen LogP contribution in [0.15, 0.2) is 48.5 Å². The van der Waals surface area contributed by atoms with Gasteiger partial charge in [-0.3, -0.25) is 9.59 Å². The Bertz CT molecular complexity index is 2370. The van der Waals surface area contributed by atoms with Crippen LogP contribution in [-0.2, 0) is 19.1 Å². The zero-order valence-electron chi connectivity index (χ0n) is 32.6. The van der Waals surface area contributed by atoms with Gasteiger partial charge in [0.1, 0.15) is 23.7 Å². The van der Waals surface area contributed by atoms with Crippen LogP contribution in [0.4, 0.5) is 9.59 Å². The normalized spacial score (nSPS) is 18.0. The Hall–Kier alpha value is -6.10. The van der Waals surface area contributed by atoms with Crippen molar-refractivity contribution in [2.75, 3.05) is 27.3 Å². The molecule has 5 aromatic rings. The minimum Gasteiger partial charge on any atom is -0.453 e. The van der Waals surface area contributed by atoms with Gasteiger partial charge in [0.25, 0.3) is 0 Å². The summed E-state index contributed by atoms with van der Waals surface area (Å²) in [6.07, 6.45) is 1.95. The Kier molecular flexibility index (Phi) is 10.9. The Labute approximate surface area is 325 Å². The third kappa shape index (κ3) is 7.58. The van der Waals surface area contributed by atoms with Crippen molar-refractivity contribution in [3.05, 3.63) is 71.3 Å². The van der Waals surface area contributed by atoms with Crippen LogP contribution >= 0.6 is 0 Å². The molecule has 2 saturated heterocycles. The van der Waals surface area contributed by atoms with E-state index in [1.54, 1.807) is 4.90 Å². The molecule has 4 amide bonds. The third-order valence-electron chi connectivity index (χ3n) is 10.8. The molecule has 2 fully saturated rings. The van der Waals surface area contributed by atoms with E-state index in [0.717, 1.165) is 75.5 Å². The van der Waals surface area contributed by atoms with Gasteiger partial charge in [-0.2, -0.15) is 0 Å². The van der Waals surface area contributed by atoms with Crippen molar-refractivity contribution in [3.63, 3.8) is 0 Å². The van der Waals surface area contributed by atoms with Gasteiger partial charge in [0.15, 0.2) is 0 Å². The lowest BCUT2D eigenvalue weighted by Crippen LogP contribution is -2.51. The quantitative estimate of drug-likeness (QED) is 0.138. The predicted molar refractivity (Wildman–Crippen MR) is 211 cm³/mol. The first-order chi connectivity index (χ1) is 26.9. The molecule has 2 aliphatic rings. The van der Waals surface area contributed by atoms with E-state index >= 15 is 0 Å². The second kappa shape index (κ2) is 15.9. The highest BCUT2D eigenvalue weighted by Gasteiger charge is 2.39. The van der Waals surface area contributed by atoms with Gasteiger partial charge < -0.3 is 39.9 Å². The lowest BCUT2D eigenvalue weighted by molar-refractivity contribution is -0.136.